The fourth-order valence-electron chi connectivity index (χ4n) is 3.28. The lowest BCUT2D eigenvalue weighted by Crippen LogP contribution is -2.42. The standard InChI is InChI=1S/C20H25N3O4S/c1-13-6-3-4-8-17(13)22-18(24)11-26-20(25)16-7-5-9-21-19(16)28-12-15-10-14(2)27-23-15/h5,7,9-10,13,17H,3-4,6,8,11-12H2,1-2H3,(H,22,24)/t13-,17+/m1/s1. The zero-order valence-electron chi connectivity index (χ0n) is 16.1. The highest BCUT2D eigenvalue weighted by Crippen LogP contribution is 2.25. The van der Waals surface area contributed by atoms with Crippen LogP contribution in [-0.4, -0.2) is 34.7 Å². The van der Waals surface area contributed by atoms with Gasteiger partial charge in [-0.25, -0.2) is 9.78 Å². The van der Waals surface area contributed by atoms with Gasteiger partial charge in [-0.1, -0.05) is 36.7 Å². The molecule has 2 aromatic heterocycles. The summed E-state index contributed by atoms with van der Waals surface area (Å²) >= 11 is 1.37. The maximum atomic E-state index is 12.5. The Kier molecular flexibility index (Phi) is 7.08. The Morgan fingerprint density at radius 3 is 2.93 bits per heavy atom. The number of carbonyl (C=O) groups excluding carboxylic acids is 2. The summed E-state index contributed by atoms with van der Waals surface area (Å²) in [7, 11) is 0. The number of amides is 1. The van der Waals surface area contributed by atoms with Gasteiger partial charge < -0.3 is 14.6 Å². The molecule has 0 bridgehead atoms. The average Bonchev–Trinajstić information content (AvgIpc) is 3.12. The molecule has 1 amide bonds. The van der Waals surface area contributed by atoms with Gasteiger partial charge in [0.15, 0.2) is 6.61 Å². The van der Waals surface area contributed by atoms with E-state index in [-0.39, 0.29) is 18.6 Å². The van der Waals surface area contributed by atoms with E-state index >= 15 is 0 Å². The van der Waals surface area contributed by atoms with Crippen molar-refractivity contribution in [3.05, 3.63) is 41.4 Å². The van der Waals surface area contributed by atoms with Crippen molar-refractivity contribution in [2.24, 2.45) is 5.92 Å². The summed E-state index contributed by atoms with van der Waals surface area (Å²) in [5.41, 5.74) is 1.11. The molecular formula is C20H25N3O4S. The molecule has 2 atom stereocenters. The van der Waals surface area contributed by atoms with Crippen LogP contribution in [0.25, 0.3) is 0 Å². The number of nitrogens with one attached hydrogen (secondary N) is 1. The van der Waals surface area contributed by atoms with Crippen molar-refractivity contribution >= 4 is 23.6 Å². The zero-order chi connectivity index (χ0) is 19.9. The normalized spacial score (nSPS) is 19.2. The number of aromatic nitrogens is 2. The van der Waals surface area contributed by atoms with Gasteiger partial charge in [-0.3, -0.25) is 4.79 Å². The topological polar surface area (TPSA) is 94.3 Å². The summed E-state index contributed by atoms with van der Waals surface area (Å²) in [5, 5.41) is 7.45. The quantitative estimate of drug-likeness (QED) is 0.558. The van der Waals surface area contributed by atoms with E-state index in [9.17, 15) is 9.59 Å². The number of carbonyl (C=O) groups is 2. The van der Waals surface area contributed by atoms with Crippen LogP contribution >= 0.6 is 11.8 Å². The van der Waals surface area contributed by atoms with E-state index in [0.717, 1.165) is 30.7 Å². The van der Waals surface area contributed by atoms with Crippen LogP contribution in [-0.2, 0) is 15.3 Å². The smallest absolute Gasteiger partial charge is 0.341 e. The first-order valence-corrected chi connectivity index (χ1v) is 10.5. The summed E-state index contributed by atoms with van der Waals surface area (Å²) in [4.78, 5) is 28.9. The molecule has 0 aliphatic heterocycles. The summed E-state index contributed by atoms with van der Waals surface area (Å²) in [6.07, 6.45) is 6.04. The van der Waals surface area contributed by atoms with E-state index in [0.29, 0.717) is 22.3 Å². The molecule has 2 heterocycles. The minimum Gasteiger partial charge on any atom is -0.452 e. The third-order valence-electron chi connectivity index (χ3n) is 4.82. The van der Waals surface area contributed by atoms with Gasteiger partial charge in [0.25, 0.3) is 5.91 Å². The van der Waals surface area contributed by atoms with Gasteiger partial charge in [-0.15, -0.1) is 0 Å². The Bertz CT molecular complexity index is 823. The lowest BCUT2D eigenvalue weighted by molar-refractivity contribution is -0.125. The monoisotopic (exact) mass is 403 g/mol. The predicted octanol–water partition coefficient (Wildman–Crippen LogP) is 3.52. The van der Waals surface area contributed by atoms with Crippen LogP contribution in [0.4, 0.5) is 0 Å². The molecule has 150 valence electrons. The molecule has 0 unspecified atom stereocenters. The number of aryl methyl sites for hydroxylation is 1. The largest absolute Gasteiger partial charge is 0.452 e. The van der Waals surface area contributed by atoms with Crippen molar-refractivity contribution in [1.29, 1.82) is 0 Å². The van der Waals surface area contributed by atoms with Crippen molar-refractivity contribution in [2.45, 2.75) is 56.4 Å². The van der Waals surface area contributed by atoms with Crippen LogP contribution in [0.15, 0.2) is 33.9 Å². The molecule has 0 aromatic carbocycles. The van der Waals surface area contributed by atoms with Crippen LogP contribution in [0, 0.1) is 12.8 Å². The van der Waals surface area contributed by atoms with Crippen LogP contribution < -0.4 is 5.32 Å². The Morgan fingerprint density at radius 2 is 2.18 bits per heavy atom. The summed E-state index contributed by atoms with van der Waals surface area (Å²) in [6.45, 7) is 3.68. The maximum absolute atomic E-state index is 12.5. The summed E-state index contributed by atoms with van der Waals surface area (Å²) in [6, 6.07) is 5.32. The molecule has 2 aromatic rings. The summed E-state index contributed by atoms with van der Waals surface area (Å²) in [5.74, 6) is 0.890. The highest BCUT2D eigenvalue weighted by molar-refractivity contribution is 7.98. The summed E-state index contributed by atoms with van der Waals surface area (Å²) < 4.78 is 10.3. The molecule has 1 aliphatic carbocycles. The molecule has 1 fully saturated rings. The van der Waals surface area contributed by atoms with Crippen molar-refractivity contribution in [3.8, 4) is 0 Å². The average molecular weight is 404 g/mol. The Balaban J connectivity index is 1.53. The molecule has 0 saturated heterocycles. The number of hydrogen-bond donors (Lipinski definition) is 1. The molecule has 0 spiro atoms. The number of ether oxygens (including phenoxy) is 1. The molecule has 3 rings (SSSR count). The van der Waals surface area contributed by atoms with Gasteiger partial charge in [0.1, 0.15) is 10.8 Å². The molecule has 1 N–H and O–H groups in total. The van der Waals surface area contributed by atoms with Crippen LogP contribution in [0.5, 0.6) is 0 Å². The second-order valence-electron chi connectivity index (χ2n) is 7.09. The first-order chi connectivity index (χ1) is 13.5. The van der Waals surface area contributed by atoms with Crippen LogP contribution in [0.3, 0.4) is 0 Å². The molecule has 1 aliphatic rings. The number of hydrogen-bond acceptors (Lipinski definition) is 7. The molecule has 1 saturated carbocycles. The van der Waals surface area contributed by atoms with Gasteiger partial charge >= 0.3 is 5.97 Å². The maximum Gasteiger partial charge on any atom is 0.341 e. The first-order valence-electron chi connectivity index (χ1n) is 9.49. The van der Waals surface area contributed by atoms with Gasteiger partial charge in [-0.2, -0.15) is 0 Å². The van der Waals surface area contributed by atoms with Crippen molar-refractivity contribution < 1.29 is 18.8 Å². The van der Waals surface area contributed by atoms with Crippen LogP contribution in [0.2, 0.25) is 0 Å². The second-order valence-corrected chi connectivity index (χ2v) is 8.05. The lowest BCUT2D eigenvalue weighted by Gasteiger charge is -2.29. The van der Waals surface area contributed by atoms with Crippen molar-refractivity contribution in [2.75, 3.05) is 6.61 Å². The van der Waals surface area contributed by atoms with Crippen molar-refractivity contribution in [3.63, 3.8) is 0 Å². The number of thioether (sulfide) groups is 1. The van der Waals surface area contributed by atoms with E-state index in [1.807, 2.05) is 13.0 Å². The van der Waals surface area contributed by atoms with Gasteiger partial charge in [-0.05, 0) is 37.8 Å². The fourth-order valence-corrected chi connectivity index (χ4v) is 4.14. The van der Waals surface area contributed by atoms with Gasteiger partial charge in [0.2, 0.25) is 0 Å². The second kappa shape index (κ2) is 9.73. The van der Waals surface area contributed by atoms with E-state index in [4.69, 9.17) is 9.26 Å². The van der Waals surface area contributed by atoms with Gasteiger partial charge in [0, 0.05) is 24.1 Å². The van der Waals surface area contributed by atoms with E-state index in [1.165, 1.54) is 18.2 Å². The highest BCUT2D eigenvalue weighted by atomic mass is 32.2. The minimum absolute atomic E-state index is 0.162. The molecule has 8 heteroatoms. The third kappa shape index (κ3) is 5.58. The number of esters is 1. The SMILES string of the molecule is Cc1cc(CSc2ncccc2C(=O)OCC(=O)N[C@H]2CCCC[C@H]2C)no1. The van der Waals surface area contributed by atoms with Crippen LogP contribution in [0.1, 0.15) is 54.4 Å². The fraction of sp³-hybridized carbons (Fsp3) is 0.500. The molecule has 28 heavy (non-hydrogen) atoms. The zero-order valence-corrected chi connectivity index (χ0v) is 17.0. The Labute approximate surface area is 168 Å². The van der Waals surface area contributed by atoms with E-state index < -0.39 is 5.97 Å². The molecule has 7 nitrogen and oxygen atoms in total. The first kappa shape index (κ1) is 20.4. The third-order valence-corrected chi connectivity index (χ3v) is 5.86. The number of pyridine rings is 1. The Hall–Kier alpha value is -2.35. The van der Waals surface area contributed by atoms with E-state index in [1.54, 1.807) is 18.3 Å². The molecule has 0 radical (unpaired) electrons. The highest BCUT2D eigenvalue weighted by Gasteiger charge is 2.23. The van der Waals surface area contributed by atoms with Crippen molar-refractivity contribution in [1.82, 2.24) is 15.5 Å². The van der Waals surface area contributed by atoms with E-state index in [2.05, 4.69) is 22.4 Å². The minimum atomic E-state index is -0.557. The van der Waals surface area contributed by atoms with Gasteiger partial charge in [0.05, 0.1) is 11.3 Å². The number of nitrogens with zero attached hydrogens (tertiary/aromatic N) is 2. The lowest BCUT2D eigenvalue weighted by atomic mass is 9.86. The number of rotatable bonds is 7. The Morgan fingerprint density at radius 1 is 1.36 bits per heavy atom. The molecular weight excluding hydrogens is 378 g/mol. The predicted molar refractivity (Wildman–Crippen MR) is 105 cm³/mol.